The van der Waals surface area contributed by atoms with Crippen LogP contribution in [-0.4, -0.2) is 271 Å². The fraction of sp³-hybridized carbons (Fsp3) is 0.437. The highest BCUT2D eigenvalue weighted by molar-refractivity contribution is 5.92. The second-order valence-electron chi connectivity index (χ2n) is 30.3. The number of aromatic amines is 2. The van der Waals surface area contributed by atoms with Gasteiger partial charge in [-0.1, -0.05) is 67.6 Å². The summed E-state index contributed by atoms with van der Waals surface area (Å²) in [5.41, 5.74) is 13.5. The maximum atomic E-state index is 14.1. The average Bonchev–Trinajstić information content (AvgIpc) is 1.60. The molecule has 12 rings (SSSR count). The maximum absolute atomic E-state index is 14.1. The quantitative estimate of drug-likeness (QED) is 0.0195. The normalized spacial score (nSPS) is 13.2. The van der Waals surface area contributed by atoms with Crippen molar-refractivity contribution in [3.05, 3.63) is 157 Å². The van der Waals surface area contributed by atoms with Crippen molar-refractivity contribution >= 4 is 74.9 Å². The van der Waals surface area contributed by atoms with E-state index in [-0.39, 0.29) is 70.0 Å². The number of rotatable bonds is 44. The zero-order valence-corrected chi connectivity index (χ0v) is 68.5. The third kappa shape index (κ3) is 24.7. The Kier molecular flexibility index (Phi) is 30.8. The van der Waals surface area contributed by atoms with Gasteiger partial charge in [0.1, 0.15) is 35.4 Å². The van der Waals surface area contributed by atoms with Gasteiger partial charge in [0.2, 0.25) is 35.4 Å². The van der Waals surface area contributed by atoms with Crippen LogP contribution in [0.15, 0.2) is 146 Å². The van der Waals surface area contributed by atoms with Crippen LogP contribution < -0.4 is 35.2 Å². The molecule has 2 saturated heterocycles. The predicted octanol–water partition coefficient (Wildman–Crippen LogP) is 8.44. The van der Waals surface area contributed by atoms with Crippen molar-refractivity contribution < 1.29 is 48.1 Å². The van der Waals surface area contributed by atoms with E-state index >= 15 is 0 Å². The SMILES string of the molecule is CCCN(CC(=O)N(CCC)CC(=O)N(CCC)CC(=O)N(CC(=O)O)Cc1cn(CCCNC(=O)CCCOc2ccc(-c3nc4ccc(-c5ccc(N6CCN(C)CC6)cc5)cc4[nH]3)cc2)nn1)C(=O)CNCc1cn(CCCNC(=O)CCCOc2ccc(-c3nc4ccc(-c5ccc(N6CCN(C)CC6)cc5)cc4[nH]3)cc2)nn1. The summed E-state index contributed by atoms with van der Waals surface area (Å²) in [5.74, 6) is -0.440. The van der Waals surface area contributed by atoms with Crippen LogP contribution in [0.5, 0.6) is 11.5 Å². The molecule has 0 spiro atoms. The van der Waals surface area contributed by atoms with Crippen LogP contribution in [0.1, 0.15) is 89.9 Å². The minimum absolute atomic E-state index is 0.0749. The molecule has 10 aromatic rings. The van der Waals surface area contributed by atoms with Gasteiger partial charge in [-0.2, -0.15) is 0 Å². The van der Waals surface area contributed by atoms with Crippen LogP contribution in [0.25, 0.3) is 67.1 Å². The van der Waals surface area contributed by atoms with Gasteiger partial charge in [-0.3, -0.25) is 42.9 Å². The molecule has 0 atom stereocenters. The number of H-pyrrole nitrogens is 2. The summed E-state index contributed by atoms with van der Waals surface area (Å²) in [6, 6.07) is 45.6. The number of amides is 6. The molecule has 6 aromatic carbocycles. The molecular formula is C87H111N21O10. The van der Waals surface area contributed by atoms with Crippen molar-refractivity contribution in [3.63, 3.8) is 0 Å². The van der Waals surface area contributed by atoms with E-state index in [0.717, 1.165) is 124 Å². The smallest absolute Gasteiger partial charge is 0.323 e. The number of carbonyl (C=O) groups excluding carboxylic acids is 6. The first-order chi connectivity index (χ1) is 57.4. The van der Waals surface area contributed by atoms with Crippen LogP contribution in [0.2, 0.25) is 0 Å². The van der Waals surface area contributed by atoms with E-state index in [4.69, 9.17) is 19.4 Å². The molecule has 0 radical (unpaired) electrons. The fourth-order valence-corrected chi connectivity index (χ4v) is 14.4. The van der Waals surface area contributed by atoms with E-state index in [0.29, 0.717) is 120 Å². The Morgan fingerprint density at radius 3 is 1.29 bits per heavy atom. The first-order valence-electron chi connectivity index (χ1n) is 41.3. The number of imidazole rings is 2. The number of nitrogens with zero attached hydrogens (tertiary/aromatic N) is 16. The van der Waals surface area contributed by atoms with Crippen molar-refractivity contribution in [1.29, 1.82) is 0 Å². The lowest BCUT2D eigenvalue weighted by Crippen LogP contribution is -2.50. The van der Waals surface area contributed by atoms with Crippen molar-refractivity contribution in [2.24, 2.45) is 0 Å². The lowest BCUT2D eigenvalue weighted by atomic mass is 10.0. The number of nitrogens with one attached hydrogen (secondary N) is 5. The lowest BCUT2D eigenvalue weighted by Gasteiger charge is -2.34. The van der Waals surface area contributed by atoms with Gasteiger partial charge >= 0.3 is 5.97 Å². The zero-order valence-electron chi connectivity index (χ0n) is 68.5. The van der Waals surface area contributed by atoms with Crippen molar-refractivity contribution in [1.82, 2.24) is 95.3 Å². The molecular weight excluding hydrogens is 1500 g/mol. The van der Waals surface area contributed by atoms with Crippen LogP contribution in [0.3, 0.4) is 0 Å². The number of carbonyl (C=O) groups is 7. The summed E-state index contributed by atoms with van der Waals surface area (Å²) >= 11 is 0. The Bertz CT molecular complexity index is 4930. The minimum atomic E-state index is -1.26. The molecule has 6 amide bonds. The van der Waals surface area contributed by atoms with Gasteiger partial charge in [0.05, 0.1) is 79.9 Å². The number of aliphatic carboxylic acids is 1. The summed E-state index contributed by atoms with van der Waals surface area (Å²) in [6.07, 6.45) is 7.70. The number of carboxylic acids is 1. The number of hydrogen-bond donors (Lipinski definition) is 6. The number of likely N-dealkylation sites (N-methyl/N-ethyl adjacent to an activating group) is 2. The number of ether oxygens (including phenoxy) is 2. The largest absolute Gasteiger partial charge is 0.494 e. The molecule has 0 aliphatic carbocycles. The molecule has 0 saturated carbocycles. The molecule has 624 valence electrons. The Labute approximate surface area is 688 Å². The molecule has 31 nitrogen and oxygen atoms in total. The molecule has 6 heterocycles. The zero-order chi connectivity index (χ0) is 82.7. The molecule has 2 fully saturated rings. The highest BCUT2D eigenvalue weighted by Crippen LogP contribution is 2.32. The number of aromatic nitrogens is 10. The van der Waals surface area contributed by atoms with Gasteiger partial charge in [0.15, 0.2) is 0 Å². The number of benzene rings is 6. The molecule has 31 heteroatoms. The Balaban J connectivity index is 0.502. The van der Waals surface area contributed by atoms with Crippen LogP contribution in [0, 0.1) is 0 Å². The summed E-state index contributed by atoms with van der Waals surface area (Å²) in [5, 5.41) is 35.7. The van der Waals surface area contributed by atoms with Gasteiger partial charge in [0.25, 0.3) is 0 Å². The van der Waals surface area contributed by atoms with Gasteiger partial charge in [-0.15, -0.1) is 10.2 Å². The molecule has 4 aromatic heterocycles. The van der Waals surface area contributed by atoms with E-state index in [9.17, 15) is 38.7 Å². The first kappa shape index (κ1) is 85.3. The number of fused-ring (bicyclic) bond motifs is 2. The standard InChI is InChI=1S/C87H111N21O10/c1-6-37-103(81(111)55-88-54-69-57-107(97-95-69)40-11-35-89-79(109)13-9-50-117-73-29-19-65(20-30-73)86-91-75-33-23-67(52-77(75)93-86)63-15-25-71(26-16-63)101-46-42-99(4)43-47-101)59-82(112)104(38-7-2)60-83(113)105(39-8-3)61-84(114)106(62-85(115)116)56-70-58-108(98-96-70)41-12-36-90-80(110)14-10-51-118-74-31-21-66(22-32-74)87-92-76-34-24-68(53-78(76)94-87)64-17-27-72(28-18-64)102-48-44-100(5)45-49-102/h15-34,52-53,57-58,88H,6-14,35-51,54-56,59-62H2,1-5H3,(H,89,109)(H,90,110)(H,91,93)(H,92,94)(H,115,116). The number of piperazine rings is 2. The van der Waals surface area contributed by atoms with E-state index in [2.05, 4.69) is 159 Å². The maximum Gasteiger partial charge on any atom is 0.323 e. The van der Waals surface area contributed by atoms with Crippen molar-refractivity contribution in [3.8, 4) is 56.5 Å². The van der Waals surface area contributed by atoms with E-state index < -0.39 is 36.8 Å². The van der Waals surface area contributed by atoms with E-state index in [1.807, 2.05) is 75.4 Å². The van der Waals surface area contributed by atoms with Crippen LogP contribution in [-0.2, 0) is 59.7 Å². The average molecular weight is 1610 g/mol. The third-order valence-electron chi connectivity index (χ3n) is 21.1. The number of aryl methyl sites for hydroxylation is 2. The van der Waals surface area contributed by atoms with E-state index in [1.165, 1.54) is 26.1 Å². The van der Waals surface area contributed by atoms with Crippen molar-refractivity contribution in [2.45, 2.75) is 105 Å². The van der Waals surface area contributed by atoms with Gasteiger partial charge in [0, 0.05) is 146 Å². The van der Waals surface area contributed by atoms with Gasteiger partial charge < -0.3 is 79.7 Å². The molecule has 6 N–H and O–H groups in total. The highest BCUT2D eigenvalue weighted by atomic mass is 16.5. The molecule has 2 aliphatic rings. The highest BCUT2D eigenvalue weighted by Gasteiger charge is 2.29. The molecule has 0 bridgehead atoms. The van der Waals surface area contributed by atoms with Crippen LogP contribution >= 0.6 is 0 Å². The third-order valence-corrected chi connectivity index (χ3v) is 21.1. The number of hydrogen-bond acceptors (Lipinski definition) is 20. The van der Waals surface area contributed by atoms with E-state index in [1.54, 1.807) is 21.8 Å². The lowest BCUT2D eigenvalue weighted by molar-refractivity contribution is -0.148. The number of carboxylic acid groups (broad SMARTS) is 1. The summed E-state index contributed by atoms with van der Waals surface area (Å²) < 4.78 is 15.2. The predicted molar refractivity (Wildman–Crippen MR) is 453 cm³/mol. The second-order valence-corrected chi connectivity index (χ2v) is 30.3. The fourth-order valence-electron chi connectivity index (χ4n) is 14.4. The van der Waals surface area contributed by atoms with Gasteiger partial charge in [-0.25, -0.2) is 9.97 Å². The minimum Gasteiger partial charge on any atom is -0.494 e. The molecule has 118 heavy (non-hydrogen) atoms. The number of anilines is 2. The topological polar surface area (TPSA) is 339 Å². The summed E-state index contributed by atoms with van der Waals surface area (Å²) in [6.45, 7) is 15.3. The summed E-state index contributed by atoms with van der Waals surface area (Å²) in [4.78, 5) is 125. The monoisotopic (exact) mass is 1610 g/mol. The first-order valence-corrected chi connectivity index (χ1v) is 41.3. The Morgan fingerprint density at radius 2 is 0.856 bits per heavy atom. The summed E-state index contributed by atoms with van der Waals surface area (Å²) in [7, 11) is 4.33. The van der Waals surface area contributed by atoms with Crippen LogP contribution in [0.4, 0.5) is 11.4 Å². The van der Waals surface area contributed by atoms with Crippen molar-refractivity contribution in [2.75, 3.05) is 155 Å². The molecule has 2 aliphatic heterocycles. The Morgan fingerprint density at radius 1 is 0.458 bits per heavy atom. The second kappa shape index (κ2) is 42.7. The Hall–Kier alpha value is -12.1. The molecule has 0 unspecified atom stereocenters. The van der Waals surface area contributed by atoms with Gasteiger partial charge in [-0.05, 0) is 178 Å².